The van der Waals surface area contributed by atoms with Crippen LogP contribution in [-0.2, 0) is 4.79 Å². The minimum absolute atomic E-state index is 0.0170. The van der Waals surface area contributed by atoms with Crippen LogP contribution < -0.4 is 16.8 Å². The normalized spacial score (nSPS) is 10.0. The number of carbonyl (C=O) groups excluding carboxylic acids is 1. The Bertz CT molecular complexity index is 103. The molecule has 1 amide bonds. The van der Waals surface area contributed by atoms with E-state index in [-0.39, 0.29) is 12.1 Å². The van der Waals surface area contributed by atoms with E-state index in [4.69, 9.17) is 11.5 Å². The predicted molar refractivity (Wildman–Crippen MR) is 40.1 cm³/mol. The summed E-state index contributed by atoms with van der Waals surface area (Å²) in [5.41, 5.74) is 10.5. The number of rotatable bonds is 4. The molecule has 0 aromatic carbocycles. The quantitative estimate of drug-likeness (QED) is 0.450. The Morgan fingerprint density at radius 3 is 2.60 bits per heavy atom. The van der Waals surface area contributed by atoms with Crippen LogP contribution in [0.5, 0.6) is 0 Å². The molecule has 0 saturated carbocycles. The Morgan fingerprint density at radius 1 is 1.60 bits per heavy atom. The lowest BCUT2D eigenvalue weighted by Crippen LogP contribution is -2.32. The van der Waals surface area contributed by atoms with E-state index >= 15 is 0 Å². The Hall–Kier alpha value is -0.610. The lowest BCUT2D eigenvalue weighted by molar-refractivity contribution is -0.121. The minimum Gasteiger partial charge on any atom is -0.356 e. The highest BCUT2D eigenvalue weighted by Gasteiger charge is 2.00. The summed E-state index contributed by atoms with van der Waals surface area (Å²) in [6.45, 7) is 2.54. The van der Waals surface area contributed by atoms with Crippen LogP contribution in [0.4, 0.5) is 0 Å². The number of nitrogens with one attached hydrogen (secondary N) is 1. The molecular weight excluding hydrogens is 130 g/mol. The Labute approximate surface area is 61.0 Å². The molecule has 0 aliphatic heterocycles. The van der Waals surface area contributed by atoms with Gasteiger partial charge in [-0.05, 0) is 13.3 Å². The molecule has 4 nitrogen and oxygen atoms in total. The Kier molecular flexibility index (Phi) is 4.88. The zero-order valence-corrected chi connectivity index (χ0v) is 6.26. The first-order valence-corrected chi connectivity index (χ1v) is 3.44. The van der Waals surface area contributed by atoms with Gasteiger partial charge in [0.1, 0.15) is 0 Å². The van der Waals surface area contributed by atoms with Gasteiger partial charge >= 0.3 is 0 Å². The fourth-order valence-electron chi connectivity index (χ4n) is 0.583. The lowest BCUT2D eigenvalue weighted by Gasteiger charge is -2.03. The van der Waals surface area contributed by atoms with E-state index in [2.05, 4.69) is 5.32 Å². The number of carbonyl (C=O) groups is 1. The van der Waals surface area contributed by atoms with E-state index < -0.39 is 0 Å². The van der Waals surface area contributed by atoms with Crippen molar-refractivity contribution in [1.82, 2.24) is 5.32 Å². The fraction of sp³-hybridized carbons (Fsp3) is 0.833. The maximum Gasteiger partial charge on any atom is 0.220 e. The molecule has 60 valence electrons. The average molecular weight is 145 g/mol. The van der Waals surface area contributed by atoms with Gasteiger partial charge in [0.15, 0.2) is 0 Å². The van der Waals surface area contributed by atoms with Gasteiger partial charge in [0.2, 0.25) is 5.91 Å². The molecule has 4 heteroatoms. The zero-order chi connectivity index (χ0) is 7.98. The maximum atomic E-state index is 10.7. The molecule has 0 aliphatic carbocycles. The van der Waals surface area contributed by atoms with Crippen LogP contribution in [0.1, 0.15) is 19.8 Å². The molecule has 0 aliphatic rings. The van der Waals surface area contributed by atoms with Gasteiger partial charge in [-0.15, -0.1) is 0 Å². The van der Waals surface area contributed by atoms with Crippen LogP contribution >= 0.6 is 0 Å². The second-order valence-corrected chi connectivity index (χ2v) is 2.16. The van der Waals surface area contributed by atoms with Crippen LogP contribution in [0.15, 0.2) is 0 Å². The third kappa shape index (κ3) is 5.53. The molecule has 0 radical (unpaired) electrons. The highest BCUT2D eigenvalue weighted by atomic mass is 16.1. The van der Waals surface area contributed by atoms with Crippen molar-refractivity contribution >= 4 is 5.91 Å². The largest absolute Gasteiger partial charge is 0.356 e. The lowest BCUT2D eigenvalue weighted by atomic mass is 10.2. The molecule has 0 fully saturated rings. The zero-order valence-electron chi connectivity index (χ0n) is 6.26. The summed E-state index contributed by atoms with van der Waals surface area (Å²) < 4.78 is 0. The Morgan fingerprint density at radius 2 is 2.20 bits per heavy atom. The second-order valence-electron chi connectivity index (χ2n) is 2.16. The summed E-state index contributed by atoms with van der Waals surface area (Å²) in [5.74, 6) is 0.0170. The summed E-state index contributed by atoms with van der Waals surface area (Å²) in [6.07, 6.45) is 0.597. The number of amides is 1. The first kappa shape index (κ1) is 9.39. The molecule has 0 unspecified atom stereocenters. The molecular formula is C6H15N3O. The topological polar surface area (TPSA) is 81.1 Å². The van der Waals surface area contributed by atoms with Crippen molar-refractivity contribution in [2.24, 2.45) is 11.5 Å². The molecule has 0 saturated heterocycles. The van der Waals surface area contributed by atoms with Crippen LogP contribution in [-0.4, -0.2) is 18.6 Å². The SMILES string of the molecule is CCNC(=O)CCC(N)N. The maximum absolute atomic E-state index is 10.7. The van der Waals surface area contributed by atoms with Crippen molar-refractivity contribution in [3.8, 4) is 0 Å². The van der Waals surface area contributed by atoms with Crippen LogP contribution in [0.25, 0.3) is 0 Å². The molecule has 0 aromatic rings. The minimum atomic E-state index is -0.373. The van der Waals surface area contributed by atoms with Crippen molar-refractivity contribution in [1.29, 1.82) is 0 Å². The molecule has 0 aromatic heterocycles. The third-order valence-corrected chi connectivity index (χ3v) is 1.08. The van der Waals surface area contributed by atoms with Crippen LogP contribution in [0, 0.1) is 0 Å². The van der Waals surface area contributed by atoms with Crippen molar-refractivity contribution < 1.29 is 4.79 Å². The van der Waals surface area contributed by atoms with E-state index in [0.29, 0.717) is 19.4 Å². The van der Waals surface area contributed by atoms with Gasteiger partial charge in [-0.25, -0.2) is 0 Å². The van der Waals surface area contributed by atoms with E-state index in [1.54, 1.807) is 0 Å². The van der Waals surface area contributed by atoms with Crippen LogP contribution in [0.3, 0.4) is 0 Å². The molecule has 0 heterocycles. The van der Waals surface area contributed by atoms with Gasteiger partial charge in [-0.1, -0.05) is 0 Å². The summed E-state index contributed by atoms with van der Waals surface area (Å²) >= 11 is 0. The summed E-state index contributed by atoms with van der Waals surface area (Å²) in [4.78, 5) is 10.7. The van der Waals surface area contributed by atoms with E-state index in [1.165, 1.54) is 0 Å². The first-order valence-electron chi connectivity index (χ1n) is 3.44. The fourth-order valence-corrected chi connectivity index (χ4v) is 0.583. The van der Waals surface area contributed by atoms with E-state index in [9.17, 15) is 4.79 Å². The van der Waals surface area contributed by atoms with Gasteiger partial charge in [0.05, 0.1) is 6.17 Å². The van der Waals surface area contributed by atoms with Crippen molar-refractivity contribution in [3.05, 3.63) is 0 Å². The summed E-state index contributed by atoms with van der Waals surface area (Å²) in [5, 5.41) is 2.65. The Balaban J connectivity index is 3.22. The van der Waals surface area contributed by atoms with Crippen LogP contribution in [0.2, 0.25) is 0 Å². The van der Waals surface area contributed by atoms with Gasteiger partial charge in [-0.3, -0.25) is 4.79 Å². The monoisotopic (exact) mass is 145 g/mol. The highest BCUT2D eigenvalue weighted by molar-refractivity contribution is 5.75. The molecule has 0 bridgehead atoms. The molecule has 10 heavy (non-hydrogen) atoms. The highest BCUT2D eigenvalue weighted by Crippen LogP contribution is 1.87. The molecule has 0 atom stereocenters. The van der Waals surface area contributed by atoms with Gasteiger partial charge < -0.3 is 16.8 Å². The average Bonchev–Trinajstić information content (AvgIpc) is 1.85. The molecule has 0 spiro atoms. The van der Waals surface area contributed by atoms with Crippen molar-refractivity contribution in [2.45, 2.75) is 25.9 Å². The van der Waals surface area contributed by atoms with Gasteiger partial charge in [-0.2, -0.15) is 0 Å². The molecule has 5 N–H and O–H groups in total. The second kappa shape index (κ2) is 5.20. The summed E-state index contributed by atoms with van der Waals surface area (Å²) in [7, 11) is 0. The van der Waals surface area contributed by atoms with Gasteiger partial charge in [0.25, 0.3) is 0 Å². The standard InChI is InChI=1S/C6H15N3O/c1-2-9-6(10)4-3-5(7)8/h5H,2-4,7-8H2,1H3,(H,9,10). The number of hydrogen-bond donors (Lipinski definition) is 3. The summed E-state index contributed by atoms with van der Waals surface area (Å²) in [6, 6.07) is 0. The third-order valence-electron chi connectivity index (χ3n) is 1.08. The van der Waals surface area contributed by atoms with Crippen molar-refractivity contribution in [3.63, 3.8) is 0 Å². The predicted octanol–water partition coefficient (Wildman–Crippen LogP) is -0.854. The first-order chi connectivity index (χ1) is 4.66. The van der Waals surface area contributed by atoms with E-state index in [0.717, 1.165) is 0 Å². The van der Waals surface area contributed by atoms with E-state index in [1.807, 2.05) is 6.92 Å². The number of hydrogen-bond acceptors (Lipinski definition) is 3. The van der Waals surface area contributed by atoms with Gasteiger partial charge in [0, 0.05) is 13.0 Å². The number of nitrogens with two attached hydrogens (primary N) is 2. The molecule has 0 rings (SSSR count). The smallest absolute Gasteiger partial charge is 0.220 e. The van der Waals surface area contributed by atoms with Crippen molar-refractivity contribution in [2.75, 3.05) is 6.54 Å².